The van der Waals surface area contributed by atoms with E-state index in [4.69, 9.17) is 25.0 Å². The van der Waals surface area contributed by atoms with Crippen LogP contribution in [-0.2, 0) is 42.8 Å². The van der Waals surface area contributed by atoms with Crippen LogP contribution in [-0.4, -0.2) is 158 Å². The van der Waals surface area contributed by atoms with Crippen molar-refractivity contribution in [2.75, 3.05) is 89.3 Å². The van der Waals surface area contributed by atoms with Gasteiger partial charge in [0.15, 0.2) is 0 Å². The van der Waals surface area contributed by atoms with E-state index in [1.165, 1.54) is 19.1 Å². The van der Waals surface area contributed by atoms with Crippen molar-refractivity contribution < 1.29 is 60.3 Å². The van der Waals surface area contributed by atoms with Crippen LogP contribution in [0.25, 0.3) is 0 Å². The van der Waals surface area contributed by atoms with E-state index in [2.05, 4.69) is 34.1 Å². The van der Waals surface area contributed by atoms with Crippen molar-refractivity contribution in [1.29, 1.82) is 10.8 Å². The second-order valence-corrected chi connectivity index (χ2v) is 14.7. The molecule has 0 spiro atoms. The van der Waals surface area contributed by atoms with E-state index in [0.29, 0.717) is 42.2 Å². The lowest BCUT2D eigenvalue weighted by Crippen LogP contribution is -2.53. The molecule has 3 unspecified atom stereocenters. The summed E-state index contributed by atoms with van der Waals surface area (Å²) in [5.41, 5.74) is 2.06. The Morgan fingerprint density at radius 2 is 1.24 bits per heavy atom. The Bertz CT molecular complexity index is 1920. The normalized spacial score (nSPS) is 18.8. The summed E-state index contributed by atoms with van der Waals surface area (Å²) in [6.45, 7) is 8.02. The minimum absolute atomic E-state index is 0.0910. The monoisotopic (exact) mass is 832 g/mol. The summed E-state index contributed by atoms with van der Waals surface area (Å²) in [6.07, 6.45) is -2.57. The second-order valence-electron chi connectivity index (χ2n) is 13.1. The van der Waals surface area contributed by atoms with Gasteiger partial charge in [-0.1, -0.05) is 0 Å². The Kier molecular flexibility index (Phi) is 15.9. The highest BCUT2D eigenvalue weighted by Crippen LogP contribution is 2.24. The Labute approximate surface area is 335 Å². The Morgan fingerprint density at radius 3 is 1.67 bits per heavy atom. The van der Waals surface area contributed by atoms with Crippen LogP contribution in [0.4, 0.5) is 30.6 Å². The van der Waals surface area contributed by atoms with Crippen LogP contribution in [0.15, 0.2) is 48.5 Å². The third-order valence-corrected chi connectivity index (χ3v) is 9.58. The number of nitrogens with zero attached hydrogens (tertiary/aromatic N) is 4. The molecule has 316 valence electrons. The molecule has 4 amide bonds. The molecule has 0 aliphatic carbocycles. The number of piperazine rings is 1. The highest BCUT2D eigenvalue weighted by atomic mass is 32.2. The number of ether oxygens (including phenoxy) is 5. The van der Waals surface area contributed by atoms with Gasteiger partial charge in [0.25, 0.3) is 10.1 Å². The van der Waals surface area contributed by atoms with Gasteiger partial charge in [0.1, 0.15) is 36.5 Å². The number of hydrogen-bond acceptors (Lipinski definition) is 17. The molecule has 2 aromatic carbocycles. The Balaban J connectivity index is 0.000000267. The first kappa shape index (κ1) is 44.9. The number of amides is 4. The average Bonchev–Trinajstić information content (AvgIpc) is 3.77. The van der Waals surface area contributed by atoms with Crippen molar-refractivity contribution in [1.82, 2.24) is 20.4 Å². The van der Waals surface area contributed by atoms with Gasteiger partial charge in [0.05, 0.1) is 40.2 Å². The highest BCUT2D eigenvalue weighted by molar-refractivity contribution is 7.85. The minimum atomic E-state index is -3.62. The molecule has 21 nitrogen and oxygen atoms in total. The second kappa shape index (κ2) is 20.5. The first-order valence-electron chi connectivity index (χ1n) is 18.0. The van der Waals surface area contributed by atoms with E-state index in [1.54, 1.807) is 60.4 Å². The minimum Gasteiger partial charge on any atom is -0.465 e. The number of amidine groups is 2. The quantitative estimate of drug-likeness (QED) is 0.0783. The molecule has 0 saturated carbocycles. The van der Waals surface area contributed by atoms with E-state index in [9.17, 15) is 32.4 Å². The number of methoxy groups -OCH3 is 2. The van der Waals surface area contributed by atoms with Crippen molar-refractivity contribution in [3.8, 4) is 0 Å². The molecule has 3 fully saturated rings. The number of cyclic esters (lactones) is 2. The maximum Gasteiger partial charge on any atom is 0.414 e. The average molecular weight is 833 g/mol. The van der Waals surface area contributed by atoms with Gasteiger partial charge in [-0.25, -0.2) is 19.2 Å². The zero-order valence-electron chi connectivity index (χ0n) is 32.7. The summed E-state index contributed by atoms with van der Waals surface area (Å²) in [4.78, 5) is 65.8. The van der Waals surface area contributed by atoms with Gasteiger partial charge < -0.3 is 23.7 Å². The number of nitrogens with one attached hydrogen (secondary N) is 4. The maximum absolute atomic E-state index is 12.4. The molecule has 0 bridgehead atoms. The fraction of sp³-hybridized carbons (Fsp3) is 0.472. The standard InChI is InChI=1S/C22H31N5O6.C14H17N3O7S/c1-4-32-20(28)15(2)26-11-9-25(10-12-26)13-18-14-27(22(30)33-18)17-7-5-16(6-8-17)19(23)24-21(29)31-3;1-22-13(18)16-12(15)9-3-5-10(6-4-9)17-7-11(24-14(17)19)8-23-25(2,20)21/h5-8,15,18H,4,9-14H2,1-3H3,(H2,23,24,29);3-6,11H,7-8H2,1-2H3,(H2,15,16,18). The topological polar surface area (TPSA) is 260 Å². The SMILES string of the molecule is CCOC(=O)C(C)N1CCN(CC2CN(c3ccc(C(=N)NC(=O)OC)cc3)C(=O)O2)CC1.COC(=O)NC(=N)c1ccc(N2CC(COS(C)(=O)=O)OC2=O)cc1. The number of esters is 1. The summed E-state index contributed by atoms with van der Waals surface area (Å²) in [5, 5.41) is 20.2. The molecule has 0 radical (unpaired) electrons. The number of anilines is 2. The van der Waals surface area contributed by atoms with E-state index in [0.717, 1.165) is 32.4 Å². The third-order valence-electron chi connectivity index (χ3n) is 9.02. The zero-order valence-corrected chi connectivity index (χ0v) is 33.5. The summed E-state index contributed by atoms with van der Waals surface area (Å²) >= 11 is 0. The molecule has 3 aliphatic heterocycles. The van der Waals surface area contributed by atoms with Crippen molar-refractivity contribution in [2.24, 2.45) is 0 Å². The van der Waals surface area contributed by atoms with Crippen LogP contribution in [0, 0.1) is 10.8 Å². The lowest BCUT2D eigenvalue weighted by Gasteiger charge is -2.37. The number of carbonyl (C=O) groups is 5. The Morgan fingerprint density at radius 1 is 0.793 bits per heavy atom. The van der Waals surface area contributed by atoms with Crippen LogP contribution >= 0.6 is 0 Å². The van der Waals surface area contributed by atoms with Gasteiger partial charge in [-0.3, -0.25) is 50.0 Å². The number of rotatable bonds is 12. The zero-order chi connectivity index (χ0) is 42.6. The summed E-state index contributed by atoms with van der Waals surface area (Å²) < 4.78 is 51.2. The van der Waals surface area contributed by atoms with Gasteiger partial charge >= 0.3 is 30.3 Å². The van der Waals surface area contributed by atoms with Gasteiger partial charge in [-0.15, -0.1) is 0 Å². The van der Waals surface area contributed by atoms with Gasteiger partial charge in [-0.2, -0.15) is 8.42 Å². The van der Waals surface area contributed by atoms with Gasteiger partial charge in [0.2, 0.25) is 0 Å². The summed E-state index contributed by atoms with van der Waals surface area (Å²) in [6, 6.07) is 12.7. The first-order chi connectivity index (χ1) is 27.5. The van der Waals surface area contributed by atoms with E-state index < -0.39 is 40.6 Å². The molecule has 58 heavy (non-hydrogen) atoms. The number of hydrogen-bond donors (Lipinski definition) is 4. The molecular weight excluding hydrogens is 785 g/mol. The predicted octanol–water partition coefficient (Wildman–Crippen LogP) is 1.93. The van der Waals surface area contributed by atoms with Gasteiger partial charge in [-0.05, 0) is 62.4 Å². The number of alkyl carbamates (subject to hydrolysis) is 2. The molecular formula is C36H48N8O13S. The maximum atomic E-state index is 12.4. The smallest absolute Gasteiger partial charge is 0.414 e. The molecule has 3 saturated heterocycles. The van der Waals surface area contributed by atoms with Crippen LogP contribution in [0.2, 0.25) is 0 Å². The molecule has 3 aliphatic rings. The third kappa shape index (κ3) is 12.8. The van der Waals surface area contributed by atoms with E-state index in [1.807, 2.05) is 6.92 Å². The first-order valence-corrected chi connectivity index (χ1v) is 19.8. The molecule has 2 aromatic rings. The fourth-order valence-corrected chi connectivity index (χ4v) is 6.34. The van der Waals surface area contributed by atoms with Crippen LogP contribution in [0.5, 0.6) is 0 Å². The van der Waals surface area contributed by atoms with Crippen molar-refractivity contribution >= 4 is 63.5 Å². The van der Waals surface area contributed by atoms with E-state index >= 15 is 0 Å². The van der Waals surface area contributed by atoms with Crippen LogP contribution in [0.3, 0.4) is 0 Å². The van der Waals surface area contributed by atoms with Crippen molar-refractivity contribution in [3.05, 3.63) is 59.7 Å². The lowest BCUT2D eigenvalue weighted by atomic mass is 10.1. The highest BCUT2D eigenvalue weighted by Gasteiger charge is 2.36. The largest absolute Gasteiger partial charge is 0.465 e. The number of benzene rings is 2. The van der Waals surface area contributed by atoms with Crippen molar-refractivity contribution in [2.45, 2.75) is 32.1 Å². The lowest BCUT2D eigenvalue weighted by molar-refractivity contribution is -0.149. The fourth-order valence-electron chi connectivity index (χ4n) is 5.95. The predicted molar refractivity (Wildman–Crippen MR) is 208 cm³/mol. The van der Waals surface area contributed by atoms with E-state index in [-0.39, 0.29) is 42.9 Å². The molecule has 5 rings (SSSR count). The van der Waals surface area contributed by atoms with Crippen molar-refractivity contribution in [3.63, 3.8) is 0 Å². The van der Waals surface area contributed by atoms with Gasteiger partial charge in [0, 0.05) is 55.2 Å². The molecule has 3 heterocycles. The molecule has 22 heteroatoms. The molecule has 4 N–H and O–H groups in total. The molecule has 3 atom stereocenters. The van der Waals surface area contributed by atoms with Crippen LogP contribution < -0.4 is 20.4 Å². The molecule has 0 aromatic heterocycles. The Hall–Kier alpha value is -5.84. The number of carbonyl (C=O) groups excluding carboxylic acids is 5. The summed E-state index contributed by atoms with van der Waals surface area (Å²) in [7, 11) is -1.20. The van der Waals surface area contributed by atoms with Crippen LogP contribution in [0.1, 0.15) is 25.0 Å². The summed E-state index contributed by atoms with van der Waals surface area (Å²) in [5.74, 6) is -0.443.